The van der Waals surface area contributed by atoms with Crippen LogP contribution in [0.4, 0.5) is 0 Å². The van der Waals surface area contributed by atoms with Gasteiger partial charge in [0.05, 0.1) is 23.1 Å². The molecular formula is C12H20N2O4S2. The van der Waals surface area contributed by atoms with E-state index in [-0.39, 0.29) is 5.75 Å². The van der Waals surface area contributed by atoms with Crippen molar-refractivity contribution in [2.45, 2.75) is 31.3 Å². The van der Waals surface area contributed by atoms with E-state index in [9.17, 15) is 13.2 Å². The van der Waals surface area contributed by atoms with E-state index in [1.54, 1.807) is 5.38 Å². The number of carbonyl (C=O) groups is 1. The van der Waals surface area contributed by atoms with Crippen molar-refractivity contribution in [2.24, 2.45) is 0 Å². The lowest BCUT2D eigenvalue weighted by molar-refractivity contribution is -0.120. The highest BCUT2D eigenvalue weighted by atomic mass is 32.2. The summed E-state index contributed by atoms with van der Waals surface area (Å²) in [5.74, 6) is -0.712. The van der Waals surface area contributed by atoms with Gasteiger partial charge in [-0.15, -0.1) is 11.3 Å². The molecule has 20 heavy (non-hydrogen) atoms. The molecule has 1 atom stereocenters. The molecule has 1 aromatic heterocycles. The van der Waals surface area contributed by atoms with Gasteiger partial charge in [-0.05, 0) is 13.3 Å². The Hall–Kier alpha value is -0.990. The molecule has 0 aliphatic heterocycles. The van der Waals surface area contributed by atoms with Crippen LogP contribution in [0.3, 0.4) is 0 Å². The molecule has 0 radical (unpaired) electrons. The lowest BCUT2D eigenvalue weighted by Gasteiger charge is -2.12. The first-order chi connectivity index (χ1) is 9.40. The van der Waals surface area contributed by atoms with Gasteiger partial charge in [0.15, 0.2) is 9.84 Å². The van der Waals surface area contributed by atoms with Crippen molar-refractivity contribution < 1.29 is 17.9 Å². The molecule has 6 nitrogen and oxygen atoms in total. The van der Waals surface area contributed by atoms with Gasteiger partial charge in [0.2, 0.25) is 5.91 Å². The first kappa shape index (κ1) is 17.1. The van der Waals surface area contributed by atoms with Crippen LogP contribution in [0.5, 0.6) is 0 Å². The van der Waals surface area contributed by atoms with E-state index < -0.39 is 21.0 Å². The number of carbonyl (C=O) groups excluding carboxylic acids is 1. The number of methoxy groups -OCH3 is 1. The third kappa shape index (κ3) is 4.84. The van der Waals surface area contributed by atoms with Crippen LogP contribution in [0.25, 0.3) is 0 Å². The van der Waals surface area contributed by atoms with E-state index in [2.05, 4.69) is 10.3 Å². The molecule has 1 rings (SSSR count). The van der Waals surface area contributed by atoms with E-state index in [1.807, 2.05) is 6.92 Å². The summed E-state index contributed by atoms with van der Waals surface area (Å²) >= 11 is 1.43. The lowest BCUT2D eigenvalue weighted by Crippen LogP contribution is -2.39. The summed E-state index contributed by atoms with van der Waals surface area (Å²) in [5, 5.41) is 4.06. The van der Waals surface area contributed by atoms with Gasteiger partial charge in [0, 0.05) is 19.0 Å². The Labute approximate surface area is 123 Å². The van der Waals surface area contributed by atoms with Gasteiger partial charge in [0.1, 0.15) is 5.25 Å². The first-order valence-electron chi connectivity index (χ1n) is 6.32. The average molecular weight is 320 g/mol. The number of thiazole rings is 1. The molecule has 0 saturated heterocycles. The topological polar surface area (TPSA) is 85.4 Å². The highest BCUT2D eigenvalue weighted by molar-refractivity contribution is 7.92. The maximum absolute atomic E-state index is 12.1. The van der Waals surface area contributed by atoms with Crippen LogP contribution in [0.1, 0.15) is 24.5 Å². The molecule has 0 aliphatic rings. The minimum absolute atomic E-state index is 0.206. The zero-order valence-electron chi connectivity index (χ0n) is 11.9. The molecular weight excluding hydrogens is 300 g/mol. The van der Waals surface area contributed by atoms with E-state index in [0.717, 1.165) is 11.4 Å². The minimum Gasteiger partial charge on any atom is -0.383 e. The Kier molecular flexibility index (Phi) is 6.57. The molecule has 1 unspecified atom stereocenters. The normalized spacial score (nSPS) is 13.2. The van der Waals surface area contributed by atoms with Gasteiger partial charge >= 0.3 is 0 Å². The number of sulfone groups is 1. The van der Waals surface area contributed by atoms with E-state index in [1.165, 1.54) is 25.4 Å². The Balaban J connectivity index is 2.64. The summed E-state index contributed by atoms with van der Waals surface area (Å²) < 4.78 is 29.1. The van der Waals surface area contributed by atoms with Crippen molar-refractivity contribution in [2.75, 3.05) is 20.3 Å². The van der Waals surface area contributed by atoms with Gasteiger partial charge in [-0.25, -0.2) is 13.4 Å². The second-order valence-corrected chi connectivity index (χ2v) is 7.58. The predicted octanol–water partition coefficient (Wildman–Crippen LogP) is 0.771. The van der Waals surface area contributed by atoms with Crippen LogP contribution >= 0.6 is 11.3 Å². The highest BCUT2D eigenvalue weighted by Gasteiger charge is 2.28. The Morgan fingerprint density at radius 1 is 1.55 bits per heavy atom. The number of hydrogen-bond donors (Lipinski definition) is 1. The Morgan fingerprint density at radius 2 is 2.25 bits per heavy atom. The highest BCUT2D eigenvalue weighted by Crippen LogP contribution is 2.15. The summed E-state index contributed by atoms with van der Waals surface area (Å²) in [6.07, 6.45) is 0.776. The van der Waals surface area contributed by atoms with Gasteiger partial charge in [-0.1, -0.05) is 6.92 Å². The second kappa shape index (κ2) is 7.70. The maximum atomic E-state index is 12.1. The smallest absolute Gasteiger partial charge is 0.238 e. The van der Waals surface area contributed by atoms with Crippen molar-refractivity contribution in [1.29, 1.82) is 0 Å². The largest absolute Gasteiger partial charge is 0.383 e. The third-order valence-corrected chi connectivity index (χ3v) is 5.80. The zero-order valence-corrected chi connectivity index (χ0v) is 13.5. The summed E-state index contributed by atoms with van der Waals surface area (Å²) in [5.41, 5.74) is 0.503. The third-order valence-electron chi connectivity index (χ3n) is 2.76. The van der Waals surface area contributed by atoms with Crippen LogP contribution in [0.15, 0.2) is 5.38 Å². The molecule has 1 N–H and O–H groups in total. The molecule has 0 aliphatic carbocycles. The quantitative estimate of drug-likeness (QED) is 0.715. The van der Waals surface area contributed by atoms with E-state index in [0.29, 0.717) is 18.8 Å². The molecule has 0 spiro atoms. The Morgan fingerprint density at radius 3 is 2.80 bits per heavy atom. The molecule has 0 bridgehead atoms. The SMILES string of the molecule is CCc1nc(CS(=O)(=O)C(C)C(=O)NCCOC)cs1. The molecule has 114 valence electrons. The number of nitrogens with one attached hydrogen (secondary N) is 1. The van der Waals surface area contributed by atoms with Crippen LogP contribution in [-0.4, -0.2) is 44.8 Å². The number of aromatic nitrogens is 1. The predicted molar refractivity (Wildman–Crippen MR) is 78.5 cm³/mol. The first-order valence-corrected chi connectivity index (χ1v) is 8.91. The molecule has 8 heteroatoms. The summed E-state index contributed by atoms with van der Waals surface area (Å²) in [4.78, 5) is 16.0. The summed E-state index contributed by atoms with van der Waals surface area (Å²) in [6, 6.07) is 0. The summed E-state index contributed by atoms with van der Waals surface area (Å²) in [6.45, 7) is 4.00. The van der Waals surface area contributed by atoms with Crippen molar-refractivity contribution in [3.8, 4) is 0 Å². The van der Waals surface area contributed by atoms with Gasteiger partial charge < -0.3 is 10.1 Å². The monoisotopic (exact) mass is 320 g/mol. The summed E-state index contributed by atoms with van der Waals surface area (Å²) in [7, 11) is -2.04. The molecule has 1 heterocycles. The van der Waals surface area contributed by atoms with Gasteiger partial charge in [0.25, 0.3) is 0 Å². The zero-order chi connectivity index (χ0) is 15.2. The van der Waals surface area contributed by atoms with Crippen LogP contribution in [0.2, 0.25) is 0 Å². The number of rotatable bonds is 8. The molecule has 0 saturated carbocycles. The van der Waals surface area contributed by atoms with Crippen LogP contribution in [0, 0.1) is 0 Å². The second-order valence-electron chi connectivity index (χ2n) is 4.32. The van der Waals surface area contributed by atoms with Gasteiger partial charge in [-0.2, -0.15) is 0 Å². The lowest BCUT2D eigenvalue weighted by atomic mass is 10.4. The molecule has 1 amide bonds. The maximum Gasteiger partial charge on any atom is 0.238 e. The number of nitrogens with zero attached hydrogens (tertiary/aromatic N) is 1. The van der Waals surface area contributed by atoms with Crippen LogP contribution < -0.4 is 5.32 Å². The number of hydrogen-bond acceptors (Lipinski definition) is 6. The number of aryl methyl sites for hydroxylation is 1. The van der Waals surface area contributed by atoms with Crippen LogP contribution in [-0.2, 0) is 31.5 Å². The van der Waals surface area contributed by atoms with Crippen molar-refractivity contribution in [3.63, 3.8) is 0 Å². The molecule has 0 aromatic carbocycles. The average Bonchev–Trinajstić information content (AvgIpc) is 2.84. The fourth-order valence-corrected chi connectivity index (χ4v) is 3.56. The van der Waals surface area contributed by atoms with Crippen molar-refractivity contribution in [3.05, 3.63) is 16.1 Å². The van der Waals surface area contributed by atoms with Gasteiger partial charge in [-0.3, -0.25) is 4.79 Å². The fraction of sp³-hybridized carbons (Fsp3) is 0.667. The number of ether oxygens (including phenoxy) is 1. The van der Waals surface area contributed by atoms with E-state index in [4.69, 9.17) is 4.74 Å². The van der Waals surface area contributed by atoms with Crippen molar-refractivity contribution in [1.82, 2.24) is 10.3 Å². The number of amides is 1. The standard InChI is InChI=1S/C12H20N2O4S2/c1-4-11-14-10(7-19-11)8-20(16,17)9(2)12(15)13-5-6-18-3/h7,9H,4-6,8H2,1-3H3,(H,13,15). The minimum atomic E-state index is -3.55. The van der Waals surface area contributed by atoms with E-state index >= 15 is 0 Å². The van der Waals surface area contributed by atoms with Crippen molar-refractivity contribution >= 4 is 27.1 Å². The molecule has 0 fully saturated rings. The fourth-order valence-electron chi connectivity index (χ4n) is 1.49. The molecule has 1 aromatic rings. The Bertz CT molecular complexity index is 539.